The maximum absolute atomic E-state index is 3.07. The van der Waals surface area contributed by atoms with Crippen LogP contribution in [0.3, 0.4) is 0 Å². The molecular formula is C24H16N. The molecule has 0 amide bonds. The summed E-state index contributed by atoms with van der Waals surface area (Å²) in [4.78, 5) is 0. The molecule has 0 aliphatic rings. The molecule has 1 heterocycles. The van der Waals surface area contributed by atoms with Crippen LogP contribution in [0.2, 0.25) is 0 Å². The maximum Gasteiger partial charge on any atom is 0.0541 e. The molecule has 0 atom stereocenters. The molecule has 1 heteroatoms. The van der Waals surface area contributed by atoms with Crippen molar-refractivity contribution in [3.05, 3.63) is 103 Å². The van der Waals surface area contributed by atoms with Gasteiger partial charge in [0.15, 0.2) is 0 Å². The van der Waals surface area contributed by atoms with Gasteiger partial charge in [-0.3, -0.25) is 0 Å². The van der Waals surface area contributed by atoms with Crippen LogP contribution in [-0.4, -0.2) is 4.57 Å². The predicted octanol–water partition coefficient (Wildman–Crippen LogP) is 6.25. The van der Waals surface area contributed by atoms with E-state index in [4.69, 9.17) is 0 Å². The smallest absolute Gasteiger partial charge is 0.0541 e. The van der Waals surface area contributed by atoms with E-state index in [-0.39, 0.29) is 0 Å². The van der Waals surface area contributed by atoms with Crippen LogP contribution in [0.25, 0.3) is 38.6 Å². The van der Waals surface area contributed by atoms with Gasteiger partial charge in [0.1, 0.15) is 0 Å². The molecule has 5 rings (SSSR count). The van der Waals surface area contributed by atoms with Gasteiger partial charge in [-0.15, -0.1) is 0 Å². The van der Waals surface area contributed by atoms with Gasteiger partial charge in [0, 0.05) is 16.5 Å². The molecule has 117 valence electrons. The molecule has 0 saturated carbocycles. The second-order valence-corrected chi connectivity index (χ2v) is 6.21. The first-order chi connectivity index (χ1) is 12.4. The van der Waals surface area contributed by atoms with E-state index in [1.165, 1.54) is 38.6 Å². The van der Waals surface area contributed by atoms with Crippen LogP contribution in [0, 0.1) is 6.07 Å². The fourth-order valence-electron chi connectivity index (χ4n) is 3.58. The fraction of sp³-hybridized carbons (Fsp3) is 0. The average Bonchev–Trinajstić information content (AvgIpc) is 3.03. The second kappa shape index (κ2) is 5.64. The van der Waals surface area contributed by atoms with E-state index >= 15 is 0 Å². The summed E-state index contributed by atoms with van der Waals surface area (Å²) in [6.07, 6.45) is 0. The quantitative estimate of drug-likeness (QED) is 0.362. The summed E-state index contributed by atoms with van der Waals surface area (Å²) >= 11 is 0. The first-order valence-electron chi connectivity index (χ1n) is 8.47. The van der Waals surface area contributed by atoms with Crippen LogP contribution in [-0.2, 0) is 0 Å². The number of benzene rings is 4. The minimum atomic E-state index is 1.18. The van der Waals surface area contributed by atoms with Crippen LogP contribution < -0.4 is 0 Å². The molecule has 0 aliphatic carbocycles. The molecule has 0 saturated heterocycles. The molecule has 0 bridgehead atoms. The lowest BCUT2D eigenvalue weighted by Gasteiger charge is -2.09. The Morgan fingerprint density at radius 1 is 0.520 bits per heavy atom. The monoisotopic (exact) mass is 318 g/mol. The molecule has 1 nitrogen and oxygen atoms in total. The van der Waals surface area contributed by atoms with Crippen molar-refractivity contribution in [2.24, 2.45) is 0 Å². The van der Waals surface area contributed by atoms with E-state index < -0.39 is 0 Å². The Labute approximate surface area is 146 Å². The number of fused-ring (bicyclic) bond motifs is 3. The van der Waals surface area contributed by atoms with E-state index in [9.17, 15) is 0 Å². The SMILES string of the molecule is [c]1ccc(-c2ccc(-n3c4ccccc4c4ccccc43)cc2)cc1. The number of aromatic nitrogens is 1. The summed E-state index contributed by atoms with van der Waals surface area (Å²) in [7, 11) is 0. The van der Waals surface area contributed by atoms with E-state index in [1.54, 1.807) is 0 Å². The standard InChI is InChI=1S/C24H16N/c1-2-8-18(9-3-1)19-14-16-20(17-15-19)25-23-12-6-4-10-21(23)22-11-5-7-13-24(22)25/h2-17H. The molecule has 1 aromatic heterocycles. The predicted molar refractivity (Wildman–Crippen MR) is 105 cm³/mol. The highest BCUT2D eigenvalue weighted by atomic mass is 15.0. The third-order valence-corrected chi connectivity index (χ3v) is 4.76. The highest BCUT2D eigenvalue weighted by Gasteiger charge is 2.11. The Balaban J connectivity index is 1.73. The number of para-hydroxylation sites is 2. The van der Waals surface area contributed by atoms with Crippen molar-refractivity contribution in [1.82, 2.24) is 4.57 Å². The average molecular weight is 318 g/mol. The summed E-state index contributed by atoms with van der Waals surface area (Å²) in [5, 5.41) is 2.58. The maximum atomic E-state index is 3.07. The molecule has 4 aromatic carbocycles. The van der Waals surface area contributed by atoms with Crippen LogP contribution in [0.1, 0.15) is 0 Å². The molecule has 25 heavy (non-hydrogen) atoms. The minimum absolute atomic E-state index is 1.18. The minimum Gasteiger partial charge on any atom is -0.309 e. The summed E-state index contributed by atoms with van der Waals surface area (Å²) in [6.45, 7) is 0. The molecule has 0 N–H and O–H groups in total. The normalized spacial score (nSPS) is 11.2. The topological polar surface area (TPSA) is 4.93 Å². The lowest BCUT2D eigenvalue weighted by molar-refractivity contribution is 1.18. The number of hydrogen-bond donors (Lipinski definition) is 0. The molecule has 0 unspecified atom stereocenters. The Morgan fingerprint density at radius 3 is 1.64 bits per heavy atom. The van der Waals surface area contributed by atoms with Gasteiger partial charge in [0.05, 0.1) is 11.0 Å². The van der Waals surface area contributed by atoms with Gasteiger partial charge in [-0.05, 0) is 41.5 Å². The molecular weight excluding hydrogens is 302 g/mol. The molecule has 0 spiro atoms. The van der Waals surface area contributed by atoms with Gasteiger partial charge < -0.3 is 4.57 Å². The van der Waals surface area contributed by atoms with Crippen molar-refractivity contribution in [2.45, 2.75) is 0 Å². The third-order valence-electron chi connectivity index (χ3n) is 4.76. The summed E-state index contributed by atoms with van der Waals surface area (Å²) in [5.74, 6) is 0. The summed E-state index contributed by atoms with van der Waals surface area (Å²) in [6, 6.07) is 37.1. The van der Waals surface area contributed by atoms with E-state index in [0.717, 1.165) is 0 Å². The van der Waals surface area contributed by atoms with Gasteiger partial charge in [-0.25, -0.2) is 0 Å². The molecule has 1 radical (unpaired) electrons. The zero-order valence-corrected chi connectivity index (χ0v) is 13.7. The van der Waals surface area contributed by atoms with Crippen LogP contribution in [0.4, 0.5) is 0 Å². The van der Waals surface area contributed by atoms with Crippen molar-refractivity contribution in [2.75, 3.05) is 0 Å². The third kappa shape index (κ3) is 2.25. The molecule has 0 fully saturated rings. The number of nitrogens with zero attached hydrogens (tertiary/aromatic N) is 1. The number of hydrogen-bond acceptors (Lipinski definition) is 0. The van der Waals surface area contributed by atoms with Gasteiger partial charge in [0.25, 0.3) is 0 Å². The highest BCUT2D eigenvalue weighted by Crippen LogP contribution is 2.32. The van der Waals surface area contributed by atoms with Gasteiger partial charge in [-0.2, -0.15) is 0 Å². The van der Waals surface area contributed by atoms with E-state index in [2.05, 4.69) is 95.6 Å². The molecule has 0 aliphatic heterocycles. The second-order valence-electron chi connectivity index (χ2n) is 6.21. The lowest BCUT2D eigenvalue weighted by Crippen LogP contribution is -1.93. The molecule has 5 aromatic rings. The van der Waals surface area contributed by atoms with Crippen molar-refractivity contribution in [1.29, 1.82) is 0 Å². The van der Waals surface area contributed by atoms with Crippen molar-refractivity contribution < 1.29 is 0 Å². The zero-order chi connectivity index (χ0) is 16.6. The van der Waals surface area contributed by atoms with Crippen molar-refractivity contribution in [3.8, 4) is 16.8 Å². The van der Waals surface area contributed by atoms with Crippen LogP contribution >= 0.6 is 0 Å². The number of rotatable bonds is 2. The van der Waals surface area contributed by atoms with Gasteiger partial charge in [0.2, 0.25) is 0 Å². The summed E-state index contributed by atoms with van der Waals surface area (Å²) in [5.41, 5.74) is 6.10. The van der Waals surface area contributed by atoms with E-state index in [1.807, 2.05) is 12.1 Å². The van der Waals surface area contributed by atoms with Crippen LogP contribution in [0.5, 0.6) is 0 Å². The van der Waals surface area contributed by atoms with Crippen molar-refractivity contribution in [3.63, 3.8) is 0 Å². The first-order valence-corrected chi connectivity index (χ1v) is 8.47. The summed E-state index contributed by atoms with van der Waals surface area (Å²) < 4.78 is 2.34. The first kappa shape index (κ1) is 14.1. The van der Waals surface area contributed by atoms with Crippen molar-refractivity contribution >= 4 is 21.8 Å². The van der Waals surface area contributed by atoms with Crippen LogP contribution in [0.15, 0.2) is 97.1 Å². The Kier molecular flexibility index (Phi) is 3.17. The zero-order valence-electron chi connectivity index (χ0n) is 13.7. The largest absolute Gasteiger partial charge is 0.309 e. The fourth-order valence-corrected chi connectivity index (χ4v) is 3.58. The lowest BCUT2D eigenvalue weighted by atomic mass is 10.1. The Bertz CT molecular complexity index is 1110. The highest BCUT2D eigenvalue weighted by molar-refractivity contribution is 6.09. The van der Waals surface area contributed by atoms with E-state index in [0.29, 0.717) is 0 Å². The Hall–Kier alpha value is -3.32. The van der Waals surface area contributed by atoms with Gasteiger partial charge in [-0.1, -0.05) is 72.8 Å². The Morgan fingerprint density at radius 2 is 1.04 bits per heavy atom. The van der Waals surface area contributed by atoms with Gasteiger partial charge >= 0.3 is 0 Å².